The zero-order chi connectivity index (χ0) is 32.0. The minimum absolute atomic E-state index is 0.463. The average Bonchev–Trinajstić information content (AvgIpc) is 3.09. The maximum atomic E-state index is 5.92. The molecule has 4 heterocycles. The molecule has 0 bridgehead atoms. The largest absolute Gasteiger partial charge is 0.494 e. The lowest BCUT2D eigenvalue weighted by atomic mass is 9.99. The number of rotatable bonds is 11. The molecule has 0 spiro atoms. The minimum Gasteiger partial charge on any atom is -0.494 e. The predicted octanol–water partition coefficient (Wildman–Crippen LogP) is 5.06. The molecule has 0 amide bonds. The molecule has 11 nitrogen and oxygen atoms in total. The second-order valence-corrected chi connectivity index (χ2v) is 12.1. The lowest BCUT2D eigenvalue weighted by molar-refractivity contribution is 0.0982. The monoisotopic (exact) mass is 622 g/mol. The van der Waals surface area contributed by atoms with Gasteiger partial charge in [-0.3, -0.25) is 14.9 Å². The van der Waals surface area contributed by atoms with Gasteiger partial charge in [-0.2, -0.15) is 4.98 Å². The number of methoxy groups -OCH3 is 1. The van der Waals surface area contributed by atoms with E-state index >= 15 is 0 Å². The standard InChI is InChI=1S/C35H46N10O/c1-6-24-20-30(32(46-5)21-31(24)45-14-10-26(11-15-45)44-18-16-43(4)17-19-44)41-35-39-22-25(7-2)34(42-35)40-28-8-9-29-33(27(28)23-36-3)38-13-12-37-29/h7-9,12-13,20-22,26,36H,2,6,10-11,14-19,23H2,1,3-5H3,(H2,39,40,41,42). The molecule has 0 atom stereocenters. The Morgan fingerprint density at radius 2 is 1.76 bits per heavy atom. The number of aromatic nitrogens is 4. The van der Waals surface area contributed by atoms with Crippen LogP contribution in [-0.4, -0.2) is 96.3 Å². The SMILES string of the molecule is C=Cc1cnc(Nc2cc(CC)c(N3CCC(N4CCN(C)CC4)CC3)cc2OC)nc1Nc1ccc2nccnc2c1CNC. The van der Waals surface area contributed by atoms with Gasteiger partial charge in [0, 0.05) is 99.0 Å². The number of hydrogen-bond donors (Lipinski definition) is 3. The molecule has 46 heavy (non-hydrogen) atoms. The molecule has 2 aliphatic heterocycles. The highest BCUT2D eigenvalue weighted by Gasteiger charge is 2.28. The van der Waals surface area contributed by atoms with Crippen LogP contribution in [0, 0.1) is 0 Å². The summed E-state index contributed by atoms with van der Waals surface area (Å²) in [6, 6.07) is 9.01. The molecule has 0 unspecified atom stereocenters. The van der Waals surface area contributed by atoms with Gasteiger partial charge in [0.05, 0.1) is 23.8 Å². The molecule has 0 radical (unpaired) electrons. The molecule has 0 saturated carbocycles. The molecule has 2 fully saturated rings. The minimum atomic E-state index is 0.463. The van der Waals surface area contributed by atoms with E-state index in [2.05, 4.69) is 78.3 Å². The van der Waals surface area contributed by atoms with Crippen molar-refractivity contribution in [3.63, 3.8) is 0 Å². The summed E-state index contributed by atoms with van der Waals surface area (Å²) in [6.45, 7) is 13.6. The van der Waals surface area contributed by atoms with Gasteiger partial charge in [0.1, 0.15) is 11.6 Å². The highest BCUT2D eigenvalue weighted by atomic mass is 16.5. The first-order valence-corrected chi connectivity index (χ1v) is 16.3. The Balaban J connectivity index is 1.23. The van der Waals surface area contributed by atoms with Crippen LogP contribution in [0.2, 0.25) is 0 Å². The normalized spacial score (nSPS) is 16.5. The second kappa shape index (κ2) is 14.4. The molecule has 2 saturated heterocycles. The molecule has 2 aromatic heterocycles. The van der Waals surface area contributed by atoms with Crippen molar-refractivity contribution in [1.29, 1.82) is 0 Å². The van der Waals surface area contributed by atoms with Crippen molar-refractivity contribution in [2.24, 2.45) is 0 Å². The van der Waals surface area contributed by atoms with Gasteiger partial charge in [-0.25, -0.2) is 4.98 Å². The fraction of sp³-hybridized carbons (Fsp3) is 0.429. The highest BCUT2D eigenvalue weighted by molar-refractivity contribution is 5.85. The lowest BCUT2D eigenvalue weighted by Crippen LogP contribution is -2.52. The van der Waals surface area contributed by atoms with Crippen molar-refractivity contribution in [3.8, 4) is 5.75 Å². The summed E-state index contributed by atoms with van der Waals surface area (Å²) in [5, 5.41) is 10.2. The van der Waals surface area contributed by atoms with Gasteiger partial charge < -0.3 is 30.5 Å². The highest BCUT2D eigenvalue weighted by Crippen LogP contribution is 2.37. The number of piperidine rings is 1. The molecular weight excluding hydrogens is 576 g/mol. The molecule has 2 aromatic carbocycles. The first-order valence-electron chi connectivity index (χ1n) is 16.3. The number of ether oxygens (including phenoxy) is 1. The first-order chi connectivity index (χ1) is 22.5. The number of aryl methyl sites for hydroxylation is 1. The number of nitrogens with zero attached hydrogens (tertiary/aromatic N) is 7. The molecule has 3 N–H and O–H groups in total. The van der Waals surface area contributed by atoms with E-state index in [0.717, 1.165) is 58.8 Å². The summed E-state index contributed by atoms with van der Waals surface area (Å²) in [5.41, 5.74) is 7.74. The van der Waals surface area contributed by atoms with Crippen LogP contribution in [0.15, 0.2) is 49.4 Å². The van der Waals surface area contributed by atoms with E-state index in [-0.39, 0.29) is 0 Å². The van der Waals surface area contributed by atoms with Gasteiger partial charge >= 0.3 is 0 Å². The van der Waals surface area contributed by atoms with Gasteiger partial charge in [-0.15, -0.1) is 0 Å². The van der Waals surface area contributed by atoms with Crippen molar-refractivity contribution < 1.29 is 4.74 Å². The molecular formula is C35H46N10O. The van der Waals surface area contributed by atoms with Crippen LogP contribution in [-0.2, 0) is 13.0 Å². The Labute approximate surface area is 272 Å². The molecule has 6 rings (SSSR count). The van der Waals surface area contributed by atoms with Crippen molar-refractivity contribution >= 4 is 45.9 Å². The predicted molar refractivity (Wildman–Crippen MR) is 188 cm³/mol. The van der Waals surface area contributed by atoms with Crippen LogP contribution >= 0.6 is 0 Å². The van der Waals surface area contributed by atoms with Gasteiger partial charge in [0.25, 0.3) is 0 Å². The summed E-state index contributed by atoms with van der Waals surface area (Å²) in [7, 11) is 5.86. The summed E-state index contributed by atoms with van der Waals surface area (Å²) >= 11 is 0. The fourth-order valence-corrected chi connectivity index (χ4v) is 6.63. The summed E-state index contributed by atoms with van der Waals surface area (Å²) in [4.78, 5) is 26.2. The number of anilines is 5. The summed E-state index contributed by atoms with van der Waals surface area (Å²) in [6.07, 6.45) is 10.2. The van der Waals surface area contributed by atoms with E-state index < -0.39 is 0 Å². The van der Waals surface area contributed by atoms with Crippen LogP contribution in [0.25, 0.3) is 17.1 Å². The van der Waals surface area contributed by atoms with Gasteiger partial charge in [-0.1, -0.05) is 19.6 Å². The number of nitrogens with one attached hydrogen (secondary N) is 3. The lowest BCUT2D eigenvalue weighted by Gasteiger charge is -2.43. The van der Waals surface area contributed by atoms with Crippen LogP contribution in [0.1, 0.15) is 36.5 Å². The third kappa shape index (κ3) is 6.76. The van der Waals surface area contributed by atoms with Crippen LogP contribution in [0.3, 0.4) is 0 Å². The van der Waals surface area contributed by atoms with Crippen LogP contribution < -0.4 is 25.6 Å². The van der Waals surface area contributed by atoms with Crippen LogP contribution in [0.5, 0.6) is 5.75 Å². The third-order valence-corrected chi connectivity index (χ3v) is 9.28. The summed E-state index contributed by atoms with van der Waals surface area (Å²) < 4.78 is 5.92. The molecule has 0 aliphatic carbocycles. The van der Waals surface area contributed by atoms with E-state index in [1.165, 1.54) is 50.3 Å². The number of piperazine rings is 1. The summed E-state index contributed by atoms with van der Waals surface area (Å²) in [5.74, 6) is 1.87. The second-order valence-electron chi connectivity index (χ2n) is 12.1. The number of hydrogen-bond acceptors (Lipinski definition) is 11. The van der Waals surface area contributed by atoms with E-state index in [1.807, 2.05) is 19.2 Å². The number of benzene rings is 2. The zero-order valence-electron chi connectivity index (χ0n) is 27.5. The van der Waals surface area contributed by atoms with Gasteiger partial charge in [-0.05, 0) is 57.1 Å². The number of fused-ring (bicyclic) bond motifs is 1. The van der Waals surface area contributed by atoms with E-state index in [4.69, 9.17) is 9.72 Å². The van der Waals surface area contributed by atoms with Gasteiger partial charge in [0.2, 0.25) is 5.95 Å². The molecule has 4 aromatic rings. The van der Waals surface area contributed by atoms with E-state index in [0.29, 0.717) is 24.4 Å². The Morgan fingerprint density at radius 3 is 2.48 bits per heavy atom. The van der Waals surface area contributed by atoms with E-state index in [9.17, 15) is 0 Å². The average molecular weight is 623 g/mol. The smallest absolute Gasteiger partial charge is 0.229 e. The Morgan fingerprint density at radius 1 is 0.978 bits per heavy atom. The molecule has 11 heteroatoms. The topological polar surface area (TPSA) is 107 Å². The quantitative estimate of drug-likeness (QED) is 0.209. The molecule has 2 aliphatic rings. The van der Waals surface area contributed by atoms with Crippen LogP contribution in [0.4, 0.5) is 28.8 Å². The van der Waals surface area contributed by atoms with Crippen molar-refractivity contribution in [2.75, 3.05) is 76.0 Å². The van der Waals surface area contributed by atoms with Crippen molar-refractivity contribution in [3.05, 3.63) is 66.1 Å². The molecule has 242 valence electrons. The zero-order valence-corrected chi connectivity index (χ0v) is 27.5. The maximum absolute atomic E-state index is 5.92. The van der Waals surface area contributed by atoms with Gasteiger partial charge in [0.15, 0.2) is 0 Å². The van der Waals surface area contributed by atoms with E-state index in [1.54, 1.807) is 31.8 Å². The van der Waals surface area contributed by atoms with Crippen molar-refractivity contribution in [1.82, 2.24) is 35.1 Å². The Bertz CT molecular complexity index is 1660. The number of likely N-dealkylation sites (N-methyl/N-ethyl adjacent to an activating group) is 1. The maximum Gasteiger partial charge on any atom is 0.229 e. The first kappa shape index (κ1) is 31.7. The fourth-order valence-electron chi connectivity index (χ4n) is 6.63. The van der Waals surface area contributed by atoms with Crippen molar-refractivity contribution in [2.45, 2.75) is 38.8 Å². The Kier molecular flexibility index (Phi) is 9.91. The third-order valence-electron chi connectivity index (χ3n) is 9.28. The Hall–Kier alpha value is -4.32.